The largest absolute Gasteiger partial charge is 0.504 e. The molecule has 1 aliphatic rings. The molecule has 4 N–H and O–H groups in total. The highest BCUT2D eigenvalue weighted by atomic mass is 79.9. The lowest BCUT2D eigenvalue weighted by molar-refractivity contribution is -0.142. The van der Waals surface area contributed by atoms with Gasteiger partial charge in [0.05, 0.1) is 20.8 Å². The number of para-hydroxylation sites is 2. The van der Waals surface area contributed by atoms with Gasteiger partial charge in [0.1, 0.15) is 5.75 Å². The molecule has 238 valence electrons. The smallest absolute Gasteiger partial charge is 0.331 e. The summed E-state index contributed by atoms with van der Waals surface area (Å²) < 4.78 is 33.2. The van der Waals surface area contributed by atoms with Gasteiger partial charge in [-0.15, -0.1) is 0 Å². The second-order valence-electron chi connectivity index (χ2n) is 10.9. The van der Waals surface area contributed by atoms with Crippen molar-refractivity contribution in [2.75, 3.05) is 23.8 Å². The Kier molecular flexibility index (Phi) is 11.7. The number of benzene rings is 3. The third-order valence-corrected chi connectivity index (χ3v) is 10.1. The number of anilines is 2. The van der Waals surface area contributed by atoms with Crippen molar-refractivity contribution in [3.8, 4) is 17.2 Å². The lowest BCUT2D eigenvalue weighted by Crippen LogP contribution is -2.36. The highest BCUT2D eigenvalue weighted by Gasteiger charge is 2.39. The summed E-state index contributed by atoms with van der Waals surface area (Å²) in [6.07, 6.45) is 3.27. The summed E-state index contributed by atoms with van der Waals surface area (Å²) in [7, 11) is -3.76. The van der Waals surface area contributed by atoms with Crippen LogP contribution in [0.5, 0.6) is 17.2 Å². The van der Waals surface area contributed by atoms with Crippen LogP contribution < -0.4 is 15.0 Å². The molecule has 4 rings (SSSR count). The number of fused-ring (bicyclic) bond motifs is 1. The number of hydrogen-bond acceptors (Lipinski definition) is 8. The Labute approximate surface area is 266 Å². The Hall–Kier alpha value is -3.77. The summed E-state index contributed by atoms with van der Waals surface area (Å²) in [6, 6.07) is 14.6. The fourth-order valence-electron chi connectivity index (χ4n) is 4.60. The number of aromatic hydroxyl groups is 2. The van der Waals surface area contributed by atoms with Crippen LogP contribution in [-0.4, -0.2) is 54.5 Å². The molecule has 44 heavy (non-hydrogen) atoms. The van der Waals surface area contributed by atoms with Crippen molar-refractivity contribution < 1.29 is 38.1 Å². The SMILES string of the molecule is CCC1(C)CN(c2ccccc2)c2cc(Br)c(OCC(=O)NC(C(=O)O)c3cccc(O)c3O)cc2S(=O)(=O)C1.CCCC. The Morgan fingerprint density at radius 3 is 2.30 bits per heavy atom. The number of amides is 1. The molecule has 0 bridgehead atoms. The number of sulfone groups is 1. The van der Waals surface area contributed by atoms with Gasteiger partial charge < -0.3 is 30.3 Å². The summed E-state index contributed by atoms with van der Waals surface area (Å²) in [4.78, 5) is 26.5. The number of carbonyl (C=O) groups excluding carboxylic acids is 1. The zero-order valence-electron chi connectivity index (χ0n) is 25.2. The van der Waals surface area contributed by atoms with Gasteiger partial charge in [-0.05, 0) is 52.0 Å². The number of ether oxygens (including phenoxy) is 1. The Morgan fingerprint density at radius 1 is 1.05 bits per heavy atom. The third-order valence-electron chi connectivity index (χ3n) is 7.41. The molecule has 1 heterocycles. The standard InChI is InChI=1S/C28H29BrN2O8S.C4H10/c1-3-28(2)15-31(17-8-5-4-6-9-17)20-12-19(29)22(13-23(20)40(37,38)16-28)39-14-24(33)30-25(27(35)36)18-10-7-11-21(32)26(18)34;1-3-4-2/h4-13,25,32,34H,3,14-16H2,1-2H3,(H,30,33)(H,35,36);3-4H2,1-2H3. The number of aliphatic carboxylic acids is 1. The van der Waals surface area contributed by atoms with Crippen LogP contribution in [0.3, 0.4) is 0 Å². The molecular formula is C32H39BrN2O8S. The predicted molar refractivity (Wildman–Crippen MR) is 172 cm³/mol. The third kappa shape index (κ3) is 8.23. The molecule has 1 amide bonds. The van der Waals surface area contributed by atoms with Crippen LogP contribution in [0.25, 0.3) is 0 Å². The van der Waals surface area contributed by atoms with E-state index in [9.17, 15) is 33.3 Å². The number of nitrogens with zero attached hydrogens (tertiary/aromatic N) is 1. The number of rotatable bonds is 9. The minimum absolute atomic E-state index is 0.0558. The van der Waals surface area contributed by atoms with Gasteiger partial charge in [-0.1, -0.05) is 70.9 Å². The molecule has 2 atom stereocenters. The van der Waals surface area contributed by atoms with Crippen LogP contribution in [0.1, 0.15) is 58.6 Å². The lowest BCUT2D eigenvalue weighted by Gasteiger charge is -2.33. The summed E-state index contributed by atoms with van der Waals surface area (Å²) >= 11 is 3.43. The van der Waals surface area contributed by atoms with E-state index in [0.29, 0.717) is 23.1 Å². The Balaban J connectivity index is 0.00000124. The maximum atomic E-state index is 13.6. The van der Waals surface area contributed by atoms with Gasteiger partial charge in [0.15, 0.2) is 34.0 Å². The topological polar surface area (TPSA) is 153 Å². The maximum Gasteiger partial charge on any atom is 0.331 e. The molecule has 0 radical (unpaired) electrons. The van der Waals surface area contributed by atoms with Gasteiger partial charge >= 0.3 is 5.97 Å². The Bertz CT molecular complexity index is 1580. The highest BCUT2D eigenvalue weighted by molar-refractivity contribution is 9.10. The molecule has 0 saturated carbocycles. The van der Waals surface area contributed by atoms with Gasteiger partial charge in [-0.3, -0.25) is 4.79 Å². The minimum Gasteiger partial charge on any atom is -0.504 e. The number of carboxylic acid groups (broad SMARTS) is 1. The summed E-state index contributed by atoms with van der Waals surface area (Å²) in [6.45, 7) is 8.08. The predicted octanol–water partition coefficient (Wildman–Crippen LogP) is 6.33. The van der Waals surface area contributed by atoms with Crippen LogP contribution in [0.2, 0.25) is 0 Å². The van der Waals surface area contributed by atoms with E-state index in [4.69, 9.17) is 4.74 Å². The summed E-state index contributed by atoms with van der Waals surface area (Å²) in [5.41, 5.74) is 0.551. The molecule has 0 fully saturated rings. The van der Waals surface area contributed by atoms with Crippen molar-refractivity contribution in [2.24, 2.45) is 5.41 Å². The van der Waals surface area contributed by atoms with E-state index in [1.54, 1.807) is 6.07 Å². The average Bonchev–Trinajstić information content (AvgIpc) is 3.08. The zero-order valence-corrected chi connectivity index (χ0v) is 27.6. The average molecular weight is 692 g/mol. The number of nitrogens with one attached hydrogen (secondary N) is 1. The Morgan fingerprint density at radius 2 is 1.70 bits per heavy atom. The molecule has 0 saturated heterocycles. The lowest BCUT2D eigenvalue weighted by atomic mass is 9.89. The van der Waals surface area contributed by atoms with Crippen molar-refractivity contribution in [1.82, 2.24) is 5.32 Å². The first-order chi connectivity index (χ1) is 20.8. The molecule has 1 aliphatic heterocycles. The van der Waals surface area contributed by atoms with Crippen LogP contribution in [0, 0.1) is 5.41 Å². The molecule has 3 aromatic carbocycles. The number of unbranched alkanes of at least 4 members (excludes halogenated alkanes) is 1. The zero-order chi connectivity index (χ0) is 32.7. The van der Waals surface area contributed by atoms with E-state index in [0.717, 1.165) is 5.69 Å². The van der Waals surface area contributed by atoms with Crippen molar-refractivity contribution in [2.45, 2.75) is 57.9 Å². The molecule has 3 aromatic rings. The number of phenolic OH excluding ortho intramolecular Hbond substituents is 2. The molecule has 0 aromatic heterocycles. The van der Waals surface area contributed by atoms with Crippen LogP contribution in [0.15, 0.2) is 70.0 Å². The van der Waals surface area contributed by atoms with Gasteiger partial charge in [0, 0.05) is 23.9 Å². The van der Waals surface area contributed by atoms with Crippen molar-refractivity contribution in [1.29, 1.82) is 0 Å². The van der Waals surface area contributed by atoms with Gasteiger partial charge in [-0.2, -0.15) is 0 Å². The molecule has 10 nitrogen and oxygen atoms in total. The first kappa shape index (κ1) is 34.7. The van der Waals surface area contributed by atoms with E-state index in [1.165, 1.54) is 37.1 Å². The van der Waals surface area contributed by atoms with Gasteiger partial charge in [-0.25, -0.2) is 13.2 Å². The normalized spacial score (nSPS) is 17.7. The number of carboxylic acids is 1. The first-order valence-corrected chi connectivity index (χ1v) is 16.8. The maximum absolute atomic E-state index is 13.6. The fraction of sp³-hybridized carbons (Fsp3) is 0.375. The minimum atomic E-state index is -3.76. The molecular weight excluding hydrogens is 652 g/mol. The van der Waals surface area contributed by atoms with Crippen LogP contribution >= 0.6 is 15.9 Å². The summed E-state index contributed by atoms with van der Waals surface area (Å²) in [5, 5.41) is 31.6. The first-order valence-electron chi connectivity index (χ1n) is 14.3. The van der Waals surface area contributed by atoms with Crippen molar-refractivity contribution in [3.05, 3.63) is 70.7 Å². The van der Waals surface area contributed by atoms with E-state index >= 15 is 0 Å². The van der Waals surface area contributed by atoms with Crippen LogP contribution in [0.4, 0.5) is 11.4 Å². The quantitative estimate of drug-likeness (QED) is 0.189. The highest BCUT2D eigenvalue weighted by Crippen LogP contribution is 2.45. The fourth-order valence-corrected chi connectivity index (χ4v) is 7.18. The van der Waals surface area contributed by atoms with Crippen molar-refractivity contribution in [3.63, 3.8) is 0 Å². The van der Waals surface area contributed by atoms with E-state index in [2.05, 4.69) is 35.1 Å². The second kappa shape index (κ2) is 14.8. The monoisotopic (exact) mass is 690 g/mol. The van der Waals surface area contributed by atoms with Gasteiger partial charge in [0.25, 0.3) is 5.91 Å². The van der Waals surface area contributed by atoms with Crippen LogP contribution in [-0.2, 0) is 19.4 Å². The van der Waals surface area contributed by atoms with Crippen molar-refractivity contribution >= 4 is 49.0 Å². The second-order valence-corrected chi connectivity index (χ2v) is 13.8. The van der Waals surface area contributed by atoms with Gasteiger partial charge in [0.2, 0.25) is 0 Å². The van der Waals surface area contributed by atoms with E-state index in [1.807, 2.05) is 49.1 Å². The van der Waals surface area contributed by atoms with E-state index < -0.39 is 51.3 Å². The number of hydrogen-bond donors (Lipinski definition) is 4. The van der Waals surface area contributed by atoms with E-state index in [-0.39, 0.29) is 22.0 Å². The number of halogens is 1. The number of phenols is 2. The molecule has 2 unspecified atom stereocenters. The molecule has 0 spiro atoms. The summed E-state index contributed by atoms with van der Waals surface area (Å²) in [5.74, 6) is -3.51. The molecule has 0 aliphatic carbocycles. The molecule has 12 heteroatoms. The number of carbonyl (C=O) groups is 2.